The van der Waals surface area contributed by atoms with Crippen molar-refractivity contribution < 1.29 is 9.53 Å². The zero-order valence-corrected chi connectivity index (χ0v) is 13.7. The molecule has 2 rings (SSSR count). The van der Waals surface area contributed by atoms with Crippen LogP contribution in [0.15, 0.2) is 18.5 Å². The van der Waals surface area contributed by atoms with E-state index in [0.29, 0.717) is 19.0 Å². The summed E-state index contributed by atoms with van der Waals surface area (Å²) in [6.07, 6.45) is 6.02. The van der Waals surface area contributed by atoms with E-state index in [2.05, 4.69) is 21.9 Å². The van der Waals surface area contributed by atoms with Gasteiger partial charge in [-0.1, -0.05) is 0 Å². The van der Waals surface area contributed by atoms with E-state index in [4.69, 9.17) is 4.74 Å². The number of ether oxygens (including phenoxy) is 1. The lowest BCUT2D eigenvalue weighted by atomic mass is 10.2. The van der Waals surface area contributed by atoms with Crippen LogP contribution in [0.25, 0.3) is 0 Å². The van der Waals surface area contributed by atoms with Gasteiger partial charge in [0.1, 0.15) is 5.82 Å². The molecule has 2 heterocycles. The predicted octanol–water partition coefficient (Wildman–Crippen LogP) is 1.32. The molecular weight excluding hydrogens is 280 g/mol. The van der Waals surface area contributed by atoms with Crippen molar-refractivity contribution >= 4 is 5.91 Å². The van der Waals surface area contributed by atoms with E-state index in [1.54, 1.807) is 19.5 Å². The smallest absolute Gasteiger partial charge is 0.222 e. The number of likely N-dealkylation sites (N-methyl/N-ethyl adjacent to an activating group) is 1. The van der Waals surface area contributed by atoms with E-state index in [9.17, 15) is 4.79 Å². The van der Waals surface area contributed by atoms with Crippen molar-refractivity contribution in [3.8, 4) is 0 Å². The number of methoxy groups -OCH3 is 1. The van der Waals surface area contributed by atoms with E-state index in [1.165, 1.54) is 0 Å². The van der Waals surface area contributed by atoms with Gasteiger partial charge in [-0.15, -0.1) is 0 Å². The highest BCUT2D eigenvalue weighted by Crippen LogP contribution is 2.17. The third kappa shape index (κ3) is 4.74. The van der Waals surface area contributed by atoms with Gasteiger partial charge in [0.25, 0.3) is 0 Å². The van der Waals surface area contributed by atoms with Crippen LogP contribution >= 0.6 is 0 Å². The molecule has 6 heteroatoms. The van der Waals surface area contributed by atoms with Crippen molar-refractivity contribution in [3.63, 3.8) is 0 Å². The molecule has 6 nitrogen and oxygen atoms in total. The molecule has 0 saturated carbocycles. The molecule has 22 heavy (non-hydrogen) atoms. The molecule has 1 aliphatic heterocycles. The van der Waals surface area contributed by atoms with Gasteiger partial charge < -0.3 is 9.64 Å². The normalized spacial score (nSPS) is 19.6. The number of aromatic nitrogens is 2. The van der Waals surface area contributed by atoms with Gasteiger partial charge in [0.15, 0.2) is 0 Å². The topological polar surface area (TPSA) is 58.6 Å². The lowest BCUT2D eigenvalue weighted by Gasteiger charge is -2.24. The van der Waals surface area contributed by atoms with Gasteiger partial charge in [-0.05, 0) is 32.9 Å². The second-order valence-corrected chi connectivity index (χ2v) is 5.95. The minimum absolute atomic E-state index is 0.139. The Kier molecular flexibility index (Phi) is 6.27. The SMILES string of the molecule is COC(C)CCC(=O)N1CCC(N(C)Cc2ncccn2)C1. The Balaban J connectivity index is 1.78. The first kappa shape index (κ1) is 16.8. The van der Waals surface area contributed by atoms with Gasteiger partial charge in [0.05, 0.1) is 12.6 Å². The second kappa shape index (κ2) is 8.19. The predicted molar refractivity (Wildman–Crippen MR) is 84.2 cm³/mol. The maximum absolute atomic E-state index is 12.2. The van der Waals surface area contributed by atoms with Gasteiger partial charge in [-0.3, -0.25) is 9.69 Å². The minimum Gasteiger partial charge on any atom is -0.382 e. The monoisotopic (exact) mass is 306 g/mol. The van der Waals surface area contributed by atoms with Crippen LogP contribution in [0.2, 0.25) is 0 Å². The first-order valence-electron chi connectivity index (χ1n) is 7.87. The van der Waals surface area contributed by atoms with E-state index < -0.39 is 0 Å². The Bertz CT molecular complexity index is 468. The molecular formula is C16H26N4O2. The Hall–Kier alpha value is -1.53. The van der Waals surface area contributed by atoms with E-state index in [-0.39, 0.29) is 12.0 Å². The number of carbonyl (C=O) groups is 1. The molecule has 1 aromatic rings. The number of likely N-dealkylation sites (tertiary alicyclic amines) is 1. The second-order valence-electron chi connectivity index (χ2n) is 5.95. The summed E-state index contributed by atoms with van der Waals surface area (Å²) in [6.45, 7) is 4.34. The van der Waals surface area contributed by atoms with Gasteiger partial charge in [0.2, 0.25) is 5.91 Å². The molecule has 1 amide bonds. The Morgan fingerprint density at radius 3 is 2.91 bits per heavy atom. The van der Waals surface area contributed by atoms with E-state index in [0.717, 1.165) is 31.8 Å². The van der Waals surface area contributed by atoms with Gasteiger partial charge >= 0.3 is 0 Å². The zero-order valence-electron chi connectivity index (χ0n) is 13.7. The molecule has 122 valence electrons. The quantitative estimate of drug-likeness (QED) is 0.760. The third-order valence-corrected chi connectivity index (χ3v) is 4.32. The lowest BCUT2D eigenvalue weighted by Crippen LogP contribution is -2.36. The highest BCUT2D eigenvalue weighted by Gasteiger charge is 2.28. The van der Waals surface area contributed by atoms with Crippen LogP contribution in [0.3, 0.4) is 0 Å². The van der Waals surface area contributed by atoms with Crippen molar-refractivity contribution in [2.45, 2.75) is 44.9 Å². The van der Waals surface area contributed by atoms with Crippen LogP contribution in [0.1, 0.15) is 32.0 Å². The number of carbonyl (C=O) groups excluding carboxylic acids is 1. The molecule has 1 aliphatic rings. The maximum Gasteiger partial charge on any atom is 0.222 e. The molecule has 0 radical (unpaired) electrons. The van der Waals surface area contributed by atoms with Gasteiger partial charge in [-0.25, -0.2) is 9.97 Å². The molecule has 0 aliphatic carbocycles. The van der Waals surface area contributed by atoms with E-state index in [1.807, 2.05) is 17.9 Å². The summed E-state index contributed by atoms with van der Waals surface area (Å²) in [4.78, 5) is 24.9. The summed E-state index contributed by atoms with van der Waals surface area (Å²) in [5.41, 5.74) is 0. The van der Waals surface area contributed by atoms with Crippen molar-refractivity contribution in [2.24, 2.45) is 0 Å². The maximum atomic E-state index is 12.2. The first-order valence-corrected chi connectivity index (χ1v) is 7.87. The average Bonchev–Trinajstić information content (AvgIpc) is 3.03. The highest BCUT2D eigenvalue weighted by molar-refractivity contribution is 5.76. The van der Waals surface area contributed by atoms with Crippen LogP contribution in [0.4, 0.5) is 0 Å². The molecule has 1 aromatic heterocycles. The number of amides is 1. The average molecular weight is 306 g/mol. The Morgan fingerprint density at radius 1 is 1.50 bits per heavy atom. The summed E-state index contributed by atoms with van der Waals surface area (Å²) in [7, 11) is 3.75. The third-order valence-electron chi connectivity index (χ3n) is 4.32. The molecule has 1 saturated heterocycles. The summed E-state index contributed by atoms with van der Waals surface area (Å²) in [5.74, 6) is 1.06. The fraction of sp³-hybridized carbons (Fsp3) is 0.688. The number of rotatable bonds is 7. The molecule has 1 fully saturated rings. The molecule has 2 atom stereocenters. The summed E-state index contributed by atoms with van der Waals surface area (Å²) < 4.78 is 5.20. The summed E-state index contributed by atoms with van der Waals surface area (Å²) in [6, 6.07) is 2.20. The first-order chi connectivity index (χ1) is 10.6. The van der Waals surface area contributed by atoms with Gasteiger partial charge in [0, 0.05) is 45.1 Å². The largest absolute Gasteiger partial charge is 0.382 e. The van der Waals surface area contributed by atoms with Crippen molar-refractivity contribution in [3.05, 3.63) is 24.3 Å². The number of hydrogen-bond donors (Lipinski definition) is 0. The number of hydrogen-bond acceptors (Lipinski definition) is 5. The summed E-state index contributed by atoms with van der Waals surface area (Å²) >= 11 is 0. The molecule has 0 N–H and O–H groups in total. The van der Waals surface area contributed by atoms with Crippen LogP contribution in [-0.2, 0) is 16.1 Å². The zero-order chi connectivity index (χ0) is 15.9. The highest BCUT2D eigenvalue weighted by atomic mass is 16.5. The molecule has 0 spiro atoms. The summed E-state index contributed by atoms with van der Waals surface area (Å²) in [5, 5.41) is 0. The van der Waals surface area contributed by atoms with Crippen LogP contribution < -0.4 is 0 Å². The van der Waals surface area contributed by atoms with Crippen molar-refractivity contribution in [1.29, 1.82) is 0 Å². The Labute approximate surface area is 132 Å². The van der Waals surface area contributed by atoms with Crippen LogP contribution in [0, 0.1) is 0 Å². The number of nitrogens with zero attached hydrogens (tertiary/aromatic N) is 4. The standard InChI is InChI=1S/C16H26N4O2/c1-13(22-3)5-6-16(21)20-10-7-14(11-20)19(2)12-15-17-8-4-9-18-15/h4,8-9,13-14H,5-7,10-12H2,1-3H3. The fourth-order valence-corrected chi connectivity index (χ4v) is 2.69. The Morgan fingerprint density at radius 2 is 2.23 bits per heavy atom. The molecule has 0 bridgehead atoms. The molecule has 2 unspecified atom stereocenters. The fourth-order valence-electron chi connectivity index (χ4n) is 2.69. The minimum atomic E-state index is 0.139. The van der Waals surface area contributed by atoms with Crippen LogP contribution in [0.5, 0.6) is 0 Å². The van der Waals surface area contributed by atoms with Crippen molar-refractivity contribution in [1.82, 2.24) is 19.8 Å². The van der Waals surface area contributed by atoms with Crippen LogP contribution in [-0.4, -0.2) is 65.1 Å². The van der Waals surface area contributed by atoms with Crippen molar-refractivity contribution in [2.75, 3.05) is 27.2 Å². The van der Waals surface area contributed by atoms with Gasteiger partial charge in [-0.2, -0.15) is 0 Å². The lowest BCUT2D eigenvalue weighted by molar-refractivity contribution is -0.131. The molecule has 0 aromatic carbocycles. The van der Waals surface area contributed by atoms with E-state index >= 15 is 0 Å².